The van der Waals surface area contributed by atoms with E-state index < -0.39 is 0 Å². The summed E-state index contributed by atoms with van der Waals surface area (Å²) in [6.45, 7) is 16.2. The lowest BCUT2D eigenvalue weighted by Gasteiger charge is -2.33. The van der Waals surface area contributed by atoms with Gasteiger partial charge in [0.05, 0.1) is 23.5 Å². The molecule has 18 rings (SSSR count). The van der Waals surface area contributed by atoms with Gasteiger partial charge in [-0.1, -0.05) is 285 Å². The molecule has 0 unspecified atom stereocenters. The molecule has 4 N–H and O–H groups in total. The number of fused-ring (bicyclic) bond motifs is 8. The summed E-state index contributed by atoms with van der Waals surface area (Å²) < 4.78 is 28.1. The summed E-state index contributed by atoms with van der Waals surface area (Å²) in [5, 5.41) is 49.6. The van der Waals surface area contributed by atoms with E-state index in [0.29, 0.717) is 71.3 Å². The Morgan fingerprint density at radius 3 is 0.906 bits per heavy atom. The zero-order chi connectivity index (χ0) is 96.5. The molecule has 22 nitrogen and oxygen atoms in total. The topological polar surface area (TPSA) is 228 Å². The number of nitrogens with zero attached hydrogens (tertiary/aromatic N) is 10. The molecule has 0 spiro atoms. The molecule has 1 saturated heterocycles. The number of carbonyl (C=O) groups excluding carboxylic acids is 4. The first-order valence-corrected chi connectivity index (χ1v) is 48.8. The Balaban J connectivity index is 0.000000172. The number of carbonyl (C=O) groups is 4. The van der Waals surface area contributed by atoms with Gasteiger partial charge in [0.25, 0.3) is 23.6 Å². The third-order valence-electron chi connectivity index (χ3n) is 26.0. The molecule has 0 saturated carbocycles. The van der Waals surface area contributed by atoms with Gasteiger partial charge in [-0.05, 0) is 219 Å². The lowest BCUT2D eigenvalue weighted by atomic mass is 9.74. The van der Waals surface area contributed by atoms with E-state index in [1.807, 2.05) is 139 Å². The number of rotatable bonds is 34. The van der Waals surface area contributed by atoms with Gasteiger partial charge in [-0.25, -0.2) is 0 Å². The third-order valence-corrected chi connectivity index (χ3v) is 26.6. The maximum absolute atomic E-state index is 14.6. The average molecular weight is 1910 g/mol. The Morgan fingerprint density at radius 2 is 0.638 bits per heavy atom. The fourth-order valence-corrected chi connectivity index (χ4v) is 19.6. The van der Waals surface area contributed by atoms with Gasteiger partial charge in [-0.15, -0.1) is 10.2 Å². The highest BCUT2D eigenvalue weighted by Crippen LogP contribution is 2.41. The van der Waals surface area contributed by atoms with E-state index in [1.54, 1.807) is 56.0 Å². The molecule has 2 aromatic heterocycles. The third kappa shape index (κ3) is 21.6. The standard InChI is InChI=1S/2C51H53N7O3.C12H16BBrO2/c2*1-6-7-26-58-30-35(54-55-58)33-61-49-27-34(50(59)56(4)31-47-40-20-12-8-16-36(40)45(28-52-2)37-17-9-13-21-41(37)47)24-25-44(49)51(60)57(5)32-48-42-22-14-10-18-38(42)46(29-53-3)39-19-11-15-23-43(39)48;1-12(2)8-15-13(16-9-12)11-6-4-3-5-10(11)7-14/h2*8-25,27,30,52-53H,6-7,26,28-29,31-33H2,1-5H3;3-6H,7-9H2,1-2H3. The fraction of sp³-hybridized carbons (Fsp3) is 0.281. The van der Waals surface area contributed by atoms with Crippen LogP contribution in [0, 0.1) is 5.41 Å². The van der Waals surface area contributed by atoms with Crippen LogP contribution >= 0.6 is 15.9 Å². The number of amides is 4. The van der Waals surface area contributed by atoms with Gasteiger partial charge < -0.3 is 59.6 Å². The molecule has 0 aliphatic carbocycles. The lowest BCUT2D eigenvalue weighted by molar-refractivity contribution is 0.0342. The molecule has 0 atom stereocenters. The van der Waals surface area contributed by atoms with Crippen LogP contribution in [-0.4, -0.2) is 150 Å². The second-order valence-electron chi connectivity index (χ2n) is 36.6. The smallest absolute Gasteiger partial charge is 0.486 e. The molecule has 1 aliphatic rings. The van der Waals surface area contributed by atoms with Gasteiger partial charge in [-0.3, -0.25) is 28.5 Å². The number of unbranched alkanes of at least 4 members (excludes halogenated alkanes) is 2. The van der Waals surface area contributed by atoms with E-state index >= 15 is 0 Å². The van der Waals surface area contributed by atoms with Crippen molar-refractivity contribution < 1.29 is 38.0 Å². The molecule has 4 amide bonds. The van der Waals surface area contributed by atoms with Crippen LogP contribution in [0.3, 0.4) is 0 Å². The number of benzene rings is 15. The first-order chi connectivity index (χ1) is 67.2. The van der Waals surface area contributed by atoms with Crippen LogP contribution in [0.2, 0.25) is 0 Å². The number of hydrogen-bond acceptors (Lipinski definition) is 16. The molecular formula is C114H122BBrN14O8. The molecule has 1 aliphatic heterocycles. The maximum Gasteiger partial charge on any atom is 0.494 e. The molecule has 0 radical (unpaired) electrons. The lowest BCUT2D eigenvalue weighted by Crippen LogP contribution is -2.48. The van der Waals surface area contributed by atoms with Crippen LogP contribution in [0.5, 0.6) is 11.5 Å². The van der Waals surface area contributed by atoms with Crippen molar-refractivity contribution in [3.05, 3.63) is 351 Å². The quantitative estimate of drug-likeness (QED) is 0.0167. The number of hydrogen-bond donors (Lipinski definition) is 4. The number of alkyl halides is 1. The fourth-order valence-electron chi connectivity index (χ4n) is 19.1. The van der Waals surface area contributed by atoms with Gasteiger partial charge in [0.2, 0.25) is 0 Å². The predicted molar refractivity (Wildman–Crippen MR) is 562 cm³/mol. The van der Waals surface area contributed by atoms with Crippen LogP contribution < -0.4 is 36.2 Å². The van der Waals surface area contributed by atoms with E-state index in [4.69, 9.17) is 18.8 Å². The second kappa shape index (κ2) is 45.2. The number of aromatic nitrogens is 6. The maximum atomic E-state index is 14.6. The van der Waals surface area contributed by atoms with Crippen molar-refractivity contribution in [2.45, 2.75) is 137 Å². The molecule has 1 fully saturated rings. The average Bonchev–Trinajstić information content (AvgIpc) is 0.817. The van der Waals surface area contributed by atoms with Crippen LogP contribution in [0.4, 0.5) is 0 Å². The van der Waals surface area contributed by atoms with Crippen molar-refractivity contribution in [1.29, 1.82) is 0 Å². The Labute approximate surface area is 816 Å². The Morgan fingerprint density at radius 1 is 0.377 bits per heavy atom. The molecule has 24 heteroatoms. The van der Waals surface area contributed by atoms with E-state index in [2.05, 4.69) is 243 Å². The minimum absolute atomic E-state index is 0.0861. The summed E-state index contributed by atoms with van der Waals surface area (Å²) in [6.07, 6.45) is 7.80. The largest absolute Gasteiger partial charge is 0.494 e. The highest BCUT2D eigenvalue weighted by Gasteiger charge is 2.35. The minimum Gasteiger partial charge on any atom is -0.486 e. The first kappa shape index (κ1) is 97.5. The van der Waals surface area contributed by atoms with E-state index in [9.17, 15) is 19.2 Å². The molecular weight excluding hydrogens is 1780 g/mol. The summed E-state index contributed by atoms with van der Waals surface area (Å²) in [5.74, 6) is -0.192. The molecule has 0 bridgehead atoms. The van der Waals surface area contributed by atoms with E-state index in [-0.39, 0.29) is 49.4 Å². The van der Waals surface area contributed by atoms with Gasteiger partial charge in [0.1, 0.15) is 36.1 Å². The molecule has 15 aromatic carbocycles. The summed E-state index contributed by atoms with van der Waals surface area (Å²) in [6, 6.07) is 85.7. The number of ether oxygens (including phenoxy) is 2. The normalized spacial score (nSPS) is 12.5. The minimum atomic E-state index is -0.221. The van der Waals surface area contributed by atoms with Crippen molar-refractivity contribution >= 4 is 138 Å². The van der Waals surface area contributed by atoms with Gasteiger partial charge in [0, 0.05) is 129 Å². The summed E-state index contributed by atoms with van der Waals surface area (Å²) in [7, 11) is 14.9. The highest BCUT2D eigenvalue weighted by atomic mass is 79.9. The second-order valence-corrected chi connectivity index (χ2v) is 37.1. The van der Waals surface area contributed by atoms with Crippen molar-refractivity contribution in [2.24, 2.45) is 5.41 Å². The predicted octanol–water partition coefficient (Wildman–Crippen LogP) is 20.9. The van der Waals surface area contributed by atoms with Crippen LogP contribution in [0.25, 0.3) is 86.2 Å². The van der Waals surface area contributed by atoms with Crippen LogP contribution in [0.1, 0.15) is 156 Å². The number of halogens is 1. The molecule has 706 valence electrons. The van der Waals surface area contributed by atoms with E-state index in [0.717, 1.165) is 197 Å². The zero-order valence-electron chi connectivity index (χ0n) is 81.0. The van der Waals surface area contributed by atoms with Gasteiger partial charge >= 0.3 is 7.12 Å². The van der Waals surface area contributed by atoms with E-state index in [1.165, 1.54) is 27.8 Å². The van der Waals surface area contributed by atoms with Crippen molar-refractivity contribution in [3.8, 4) is 11.5 Å². The Kier molecular flexibility index (Phi) is 31.9. The summed E-state index contributed by atoms with van der Waals surface area (Å²) in [5.41, 5.74) is 14.5. The number of nitrogens with one attached hydrogen (secondary N) is 4. The SMILES string of the molecule is CC1(C)COB(c2ccccc2CBr)OC1.CCCCn1cc(COc2cc(C(=O)N(C)Cc3c4ccccc4c(CNC)c4ccccc34)ccc2C(=O)N(C)Cc2c3ccccc3c(CNC)c3ccccc23)nn1.CCCCn1cc(COc2cc(C(=O)N(C)Cc3c4ccccc4c(CNC)c4ccccc34)ccc2C(=O)N(C)Cc2c3ccccc3c(CNC)c3ccccc23)nn1. The summed E-state index contributed by atoms with van der Waals surface area (Å²) in [4.78, 5) is 65.1. The molecule has 138 heavy (non-hydrogen) atoms. The monoisotopic (exact) mass is 1900 g/mol. The Bertz CT molecular complexity index is 6660. The van der Waals surface area contributed by atoms with Crippen molar-refractivity contribution in [1.82, 2.24) is 70.9 Å². The first-order valence-electron chi connectivity index (χ1n) is 47.7. The van der Waals surface area contributed by atoms with Crippen LogP contribution in [0.15, 0.2) is 267 Å². The van der Waals surface area contributed by atoms with Crippen molar-refractivity contribution in [3.63, 3.8) is 0 Å². The molecule has 17 aromatic rings. The van der Waals surface area contributed by atoms with Gasteiger partial charge in [-0.2, -0.15) is 0 Å². The highest BCUT2D eigenvalue weighted by molar-refractivity contribution is 9.08. The Hall–Kier alpha value is -13.6. The van der Waals surface area contributed by atoms with Crippen molar-refractivity contribution in [2.75, 3.05) is 69.6 Å². The number of aryl methyl sites for hydroxylation is 2. The van der Waals surface area contributed by atoms with Gasteiger partial charge in [0.15, 0.2) is 0 Å². The summed E-state index contributed by atoms with van der Waals surface area (Å²) >= 11 is 3.49. The molecule has 3 heterocycles. The zero-order valence-corrected chi connectivity index (χ0v) is 82.6. The van der Waals surface area contributed by atoms with Crippen LogP contribution in [-0.2, 0) is 93.3 Å².